The van der Waals surface area contributed by atoms with Gasteiger partial charge in [-0.25, -0.2) is 0 Å². The quantitative estimate of drug-likeness (QED) is 0.523. The van der Waals surface area contributed by atoms with Gasteiger partial charge in [0.25, 0.3) is 0 Å². The van der Waals surface area contributed by atoms with Crippen molar-refractivity contribution in [2.45, 2.75) is 26.2 Å². The minimum Gasteiger partial charge on any atom is -0.494 e. The average Bonchev–Trinajstić information content (AvgIpc) is 2.34. The van der Waals surface area contributed by atoms with E-state index in [9.17, 15) is 4.79 Å². The van der Waals surface area contributed by atoms with Gasteiger partial charge >= 0.3 is 0 Å². The van der Waals surface area contributed by atoms with Crippen molar-refractivity contribution in [2.24, 2.45) is 5.92 Å². The first kappa shape index (κ1) is 14.0. The van der Waals surface area contributed by atoms with E-state index in [1.54, 1.807) is 6.92 Å². The lowest BCUT2D eigenvalue weighted by atomic mass is 9.97. The summed E-state index contributed by atoms with van der Waals surface area (Å²) in [4.78, 5) is 11.3. The molecule has 0 N–H and O–H groups in total. The SMILES string of the molecule is CC(=O)C(CCCl)CCCOc1ccccc1. The van der Waals surface area contributed by atoms with Crippen molar-refractivity contribution in [3.63, 3.8) is 0 Å². The molecule has 0 spiro atoms. The van der Waals surface area contributed by atoms with Crippen molar-refractivity contribution in [3.8, 4) is 5.75 Å². The second kappa shape index (κ2) is 8.13. The zero-order valence-electron chi connectivity index (χ0n) is 10.2. The summed E-state index contributed by atoms with van der Waals surface area (Å²) in [5.41, 5.74) is 0. The Morgan fingerprint density at radius 1 is 1.29 bits per heavy atom. The molecule has 0 heterocycles. The first-order valence-electron chi connectivity index (χ1n) is 5.98. The van der Waals surface area contributed by atoms with E-state index in [-0.39, 0.29) is 11.7 Å². The molecule has 94 valence electrons. The molecule has 1 unspecified atom stereocenters. The van der Waals surface area contributed by atoms with Gasteiger partial charge in [0.2, 0.25) is 0 Å². The minimum atomic E-state index is 0.0897. The summed E-state index contributed by atoms with van der Waals surface area (Å²) in [6.07, 6.45) is 2.51. The Labute approximate surface area is 108 Å². The van der Waals surface area contributed by atoms with Crippen LogP contribution in [0.25, 0.3) is 0 Å². The van der Waals surface area contributed by atoms with Crippen LogP contribution in [0.3, 0.4) is 0 Å². The number of alkyl halides is 1. The Morgan fingerprint density at radius 3 is 2.59 bits per heavy atom. The Kier molecular flexibility index (Phi) is 6.71. The number of carbonyl (C=O) groups is 1. The highest BCUT2D eigenvalue weighted by Crippen LogP contribution is 2.15. The third-order valence-corrected chi connectivity index (χ3v) is 2.96. The van der Waals surface area contributed by atoms with E-state index in [0.29, 0.717) is 12.5 Å². The van der Waals surface area contributed by atoms with Crippen molar-refractivity contribution >= 4 is 17.4 Å². The average molecular weight is 255 g/mol. The number of para-hydroxylation sites is 1. The molecular formula is C14H19ClO2. The van der Waals surface area contributed by atoms with E-state index in [0.717, 1.165) is 25.0 Å². The lowest BCUT2D eigenvalue weighted by Crippen LogP contribution is -2.13. The second-order valence-corrected chi connectivity index (χ2v) is 4.47. The highest BCUT2D eigenvalue weighted by Gasteiger charge is 2.12. The molecule has 0 aromatic heterocycles. The normalized spacial score (nSPS) is 12.1. The molecule has 1 aromatic carbocycles. The largest absolute Gasteiger partial charge is 0.494 e. The van der Waals surface area contributed by atoms with Crippen molar-refractivity contribution < 1.29 is 9.53 Å². The van der Waals surface area contributed by atoms with Crippen LogP contribution in [0.5, 0.6) is 5.75 Å². The maximum absolute atomic E-state index is 11.3. The van der Waals surface area contributed by atoms with Gasteiger partial charge < -0.3 is 4.74 Å². The number of Topliss-reactive ketones (excluding diaryl/α,β-unsaturated/α-hetero) is 1. The molecule has 17 heavy (non-hydrogen) atoms. The molecule has 0 fully saturated rings. The van der Waals surface area contributed by atoms with Gasteiger partial charge in [-0.2, -0.15) is 0 Å². The topological polar surface area (TPSA) is 26.3 Å². The third-order valence-electron chi connectivity index (χ3n) is 2.74. The molecular weight excluding hydrogens is 236 g/mol. The molecule has 0 saturated carbocycles. The predicted octanol–water partition coefficient (Wildman–Crippen LogP) is 3.68. The number of benzene rings is 1. The van der Waals surface area contributed by atoms with Gasteiger partial charge in [-0.05, 0) is 38.3 Å². The Morgan fingerprint density at radius 2 is 2.00 bits per heavy atom. The van der Waals surface area contributed by atoms with Crippen LogP contribution in [-0.4, -0.2) is 18.3 Å². The van der Waals surface area contributed by atoms with Crippen LogP contribution in [0.15, 0.2) is 30.3 Å². The van der Waals surface area contributed by atoms with Gasteiger partial charge in [-0.3, -0.25) is 4.79 Å². The van der Waals surface area contributed by atoms with Gasteiger partial charge in [-0.15, -0.1) is 11.6 Å². The third kappa shape index (κ3) is 5.73. The monoisotopic (exact) mass is 254 g/mol. The molecule has 1 atom stereocenters. The molecule has 3 heteroatoms. The van der Waals surface area contributed by atoms with Crippen LogP contribution in [-0.2, 0) is 4.79 Å². The highest BCUT2D eigenvalue weighted by atomic mass is 35.5. The fourth-order valence-electron chi connectivity index (χ4n) is 1.72. The number of ether oxygens (including phenoxy) is 1. The van der Waals surface area contributed by atoms with Crippen molar-refractivity contribution in [3.05, 3.63) is 30.3 Å². The van der Waals surface area contributed by atoms with E-state index in [4.69, 9.17) is 16.3 Å². The van der Waals surface area contributed by atoms with Gasteiger partial charge in [0.05, 0.1) is 6.61 Å². The standard InChI is InChI=1S/C14H19ClO2/c1-12(16)13(9-10-15)6-5-11-17-14-7-3-2-4-8-14/h2-4,7-8,13H,5-6,9-11H2,1H3. The van der Waals surface area contributed by atoms with Crippen molar-refractivity contribution in [1.29, 1.82) is 0 Å². The van der Waals surface area contributed by atoms with Gasteiger partial charge in [0.15, 0.2) is 0 Å². The second-order valence-electron chi connectivity index (χ2n) is 4.09. The van der Waals surface area contributed by atoms with Gasteiger partial charge in [0.1, 0.15) is 11.5 Å². The molecule has 0 amide bonds. The first-order valence-corrected chi connectivity index (χ1v) is 6.51. The molecule has 2 nitrogen and oxygen atoms in total. The summed E-state index contributed by atoms with van der Waals surface area (Å²) in [6, 6.07) is 9.71. The zero-order valence-corrected chi connectivity index (χ0v) is 11.0. The Bertz CT molecular complexity index is 324. The van der Waals surface area contributed by atoms with Crippen LogP contribution in [0.1, 0.15) is 26.2 Å². The number of rotatable bonds is 8. The molecule has 0 aliphatic carbocycles. The Balaban J connectivity index is 2.20. The predicted molar refractivity (Wildman–Crippen MR) is 70.7 cm³/mol. The molecule has 0 aliphatic heterocycles. The Hall–Kier alpha value is -1.02. The van der Waals surface area contributed by atoms with Crippen LogP contribution in [0.2, 0.25) is 0 Å². The maximum Gasteiger partial charge on any atom is 0.132 e. The summed E-state index contributed by atoms with van der Waals surface area (Å²) in [5, 5.41) is 0. The molecule has 1 rings (SSSR count). The fourth-order valence-corrected chi connectivity index (χ4v) is 1.98. The van der Waals surface area contributed by atoms with Crippen LogP contribution in [0.4, 0.5) is 0 Å². The summed E-state index contributed by atoms with van der Waals surface area (Å²) < 4.78 is 5.57. The number of hydrogen-bond donors (Lipinski definition) is 0. The van der Waals surface area contributed by atoms with Crippen LogP contribution >= 0.6 is 11.6 Å². The number of carbonyl (C=O) groups excluding carboxylic acids is 1. The lowest BCUT2D eigenvalue weighted by Gasteiger charge is -2.12. The molecule has 0 saturated heterocycles. The fraction of sp³-hybridized carbons (Fsp3) is 0.500. The van der Waals surface area contributed by atoms with Gasteiger partial charge in [-0.1, -0.05) is 18.2 Å². The summed E-state index contributed by atoms with van der Waals surface area (Å²) >= 11 is 5.67. The van der Waals surface area contributed by atoms with Crippen LogP contribution in [0, 0.1) is 5.92 Å². The summed E-state index contributed by atoms with van der Waals surface area (Å²) in [7, 11) is 0. The van der Waals surface area contributed by atoms with E-state index in [1.165, 1.54) is 0 Å². The van der Waals surface area contributed by atoms with E-state index in [1.807, 2.05) is 30.3 Å². The smallest absolute Gasteiger partial charge is 0.132 e. The van der Waals surface area contributed by atoms with Crippen LogP contribution < -0.4 is 4.74 Å². The molecule has 0 aliphatic rings. The van der Waals surface area contributed by atoms with E-state index < -0.39 is 0 Å². The maximum atomic E-state index is 11.3. The highest BCUT2D eigenvalue weighted by molar-refractivity contribution is 6.18. The van der Waals surface area contributed by atoms with E-state index in [2.05, 4.69) is 0 Å². The van der Waals surface area contributed by atoms with Crippen molar-refractivity contribution in [2.75, 3.05) is 12.5 Å². The van der Waals surface area contributed by atoms with E-state index >= 15 is 0 Å². The minimum absolute atomic E-state index is 0.0897. The van der Waals surface area contributed by atoms with Crippen molar-refractivity contribution in [1.82, 2.24) is 0 Å². The zero-order chi connectivity index (χ0) is 12.5. The van der Waals surface area contributed by atoms with Gasteiger partial charge in [0, 0.05) is 11.8 Å². The summed E-state index contributed by atoms with van der Waals surface area (Å²) in [6.45, 7) is 2.28. The first-order chi connectivity index (χ1) is 8.24. The molecule has 0 radical (unpaired) electrons. The number of halogens is 1. The molecule has 0 bridgehead atoms. The number of hydrogen-bond acceptors (Lipinski definition) is 2. The lowest BCUT2D eigenvalue weighted by molar-refractivity contribution is -0.121. The molecule has 1 aromatic rings. The summed E-state index contributed by atoms with van der Waals surface area (Å²) in [5.74, 6) is 1.74. The number of ketones is 1.